The molecule has 0 spiro atoms. The van der Waals surface area contributed by atoms with Gasteiger partial charge in [-0.1, -0.05) is 20.8 Å². The lowest BCUT2D eigenvalue weighted by Gasteiger charge is -2.33. The second-order valence-electron chi connectivity index (χ2n) is 7.21. The fourth-order valence-corrected chi connectivity index (χ4v) is 3.37. The van der Waals surface area contributed by atoms with E-state index in [-0.39, 0.29) is 0 Å². The summed E-state index contributed by atoms with van der Waals surface area (Å²) in [5, 5.41) is 3.75. The van der Waals surface area contributed by atoms with Crippen LogP contribution in [0.2, 0.25) is 0 Å². The minimum atomic E-state index is 0.463. The minimum Gasteiger partial charge on any atom is -0.378 e. The van der Waals surface area contributed by atoms with Crippen LogP contribution in [0.3, 0.4) is 0 Å². The molecule has 118 valence electrons. The molecule has 0 aromatic rings. The molecular weight excluding hydrogens is 248 g/mol. The van der Waals surface area contributed by atoms with E-state index in [2.05, 4.69) is 31.0 Å². The van der Waals surface area contributed by atoms with E-state index in [9.17, 15) is 0 Å². The van der Waals surface area contributed by atoms with Gasteiger partial charge in [0.25, 0.3) is 0 Å². The van der Waals surface area contributed by atoms with Crippen LogP contribution in [0, 0.1) is 11.8 Å². The predicted molar refractivity (Wildman–Crippen MR) is 85.1 cm³/mol. The van der Waals surface area contributed by atoms with Crippen molar-refractivity contribution < 1.29 is 4.74 Å². The highest BCUT2D eigenvalue weighted by molar-refractivity contribution is 4.79. The molecule has 2 unspecified atom stereocenters. The highest BCUT2D eigenvalue weighted by Crippen LogP contribution is 2.20. The quantitative estimate of drug-likeness (QED) is 0.758. The first kappa shape index (κ1) is 16.3. The minimum absolute atomic E-state index is 0.463. The number of hydrogen-bond donors (Lipinski definition) is 1. The zero-order valence-electron chi connectivity index (χ0n) is 13.7. The average molecular weight is 282 g/mol. The molecule has 3 heteroatoms. The van der Waals surface area contributed by atoms with E-state index >= 15 is 0 Å². The van der Waals surface area contributed by atoms with Crippen molar-refractivity contribution in [3.63, 3.8) is 0 Å². The third kappa shape index (κ3) is 5.34. The van der Waals surface area contributed by atoms with E-state index in [4.69, 9.17) is 4.74 Å². The maximum absolute atomic E-state index is 5.83. The van der Waals surface area contributed by atoms with Crippen molar-refractivity contribution in [2.24, 2.45) is 11.8 Å². The van der Waals surface area contributed by atoms with Gasteiger partial charge >= 0.3 is 0 Å². The zero-order valence-corrected chi connectivity index (χ0v) is 13.7. The van der Waals surface area contributed by atoms with Crippen LogP contribution in [0.5, 0.6) is 0 Å². The molecule has 1 N–H and O–H groups in total. The largest absolute Gasteiger partial charge is 0.378 e. The number of hydrogen-bond acceptors (Lipinski definition) is 3. The van der Waals surface area contributed by atoms with Crippen molar-refractivity contribution in [3.05, 3.63) is 0 Å². The normalized spacial score (nSPS) is 30.0. The third-order valence-electron chi connectivity index (χ3n) is 5.02. The molecule has 0 aromatic heterocycles. The van der Waals surface area contributed by atoms with E-state index < -0.39 is 0 Å². The van der Waals surface area contributed by atoms with Crippen LogP contribution < -0.4 is 5.32 Å². The number of likely N-dealkylation sites (tertiary alicyclic amines) is 1. The summed E-state index contributed by atoms with van der Waals surface area (Å²) in [6.45, 7) is 12.9. The van der Waals surface area contributed by atoms with Crippen LogP contribution in [0.15, 0.2) is 0 Å². The molecule has 2 heterocycles. The van der Waals surface area contributed by atoms with Crippen LogP contribution >= 0.6 is 0 Å². The Labute approximate surface area is 125 Å². The van der Waals surface area contributed by atoms with Crippen molar-refractivity contribution in [1.82, 2.24) is 10.2 Å². The van der Waals surface area contributed by atoms with Gasteiger partial charge in [0.15, 0.2) is 0 Å². The van der Waals surface area contributed by atoms with Gasteiger partial charge in [-0.2, -0.15) is 0 Å². The topological polar surface area (TPSA) is 24.5 Å². The summed E-state index contributed by atoms with van der Waals surface area (Å²) in [7, 11) is 0. The van der Waals surface area contributed by atoms with Gasteiger partial charge in [-0.05, 0) is 70.1 Å². The Kier molecular flexibility index (Phi) is 6.79. The van der Waals surface area contributed by atoms with E-state index in [1.807, 2.05) is 0 Å². The number of piperidine rings is 1. The van der Waals surface area contributed by atoms with Gasteiger partial charge in [-0.25, -0.2) is 0 Å². The van der Waals surface area contributed by atoms with Crippen LogP contribution in [-0.4, -0.2) is 49.8 Å². The number of rotatable bonds is 6. The molecule has 0 bridgehead atoms. The molecule has 2 atom stereocenters. The fourth-order valence-electron chi connectivity index (χ4n) is 3.37. The second kappa shape index (κ2) is 8.35. The molecule has 2 aliphatic rings. The third-order valence-corrected chi connectivity index (χ3v) is 5.02. The summed E-state index contributed by atoms with van der Waals surface area (Å²) in [6, 6.07) is 0.678. The van der Waals surface area contributed by atoms with Gasteiger partial charge < -0.3 is 15.0 Å². The van der Waals surface area contributed by atoms with E-state index in [0.29, 0.717) is 18.1 Å². The van der Waals surface area contributed by atoms with E-state index in [0.717, 1.165) is 12.5 Å². The van der Waals surface area contributed by atoms with Gasteiger partial charge in [0, 0.05) is 12.6 Å². The summed E-state index contributed by atoms with van der Waals surface area (Å²) >= 11 is 0. The molecule has 0 aromatic carbocycles. The van der Waals surface area contributed by atoms with Gasteiger partial charge in [-0.15, -0.1) is 0 Å². The molecule has 0 radical (unpaired) electrons. The molecule has 2 rings (SSSR count). The maximum atomic E-state index is 5.83. The lowest BCUT2D eigenvalue weighted by Crippen LogP contribution is -2.42. The Hall–Kier alpha value is -0.120. The second-order valence-corrected chi connectivity index (χ2v) is 7.21. The Morgan fingerprint density at radius 3 is 2.65 bits per heavy atom. The molecule has 2 saturated heterocycles. The van der Waals surface area contributed by atoms with Gasteiger partial charge in [0.2, 0.25) is 0 Å². The number of nitrogens with zero attached hydrogens (tertiary/aromatic N) is 1. The standard InChI is InChI=1S/C17H34N2O/c1-14(2)17-13-16(7-12-20-17)18-8-4-9-19-10-5-15(3)6-11-19/h14-18H,4-13H2,1-3H3. The van der Waals surface area contributed by atoms with Gasteiger partial charge in [0.1, 0.15) is 0 Å². The van der Waals surface area contributed by atoms with Crippen LogP contribution in [0.4, 0.5) is 0 Å². The van der Waals surface area contributed by atoms with Gasteiger partial charge in [-0.3, -0.25) is 0 Å². The Bertz CT molecular complexity index is 262. The molecule has 20 heavy (non-hydrogen) atoms. The highest BCUT2D eigenvalue weighted by Gasteiger charge is 2.24. The Morgan fingerprint density at radius 2 is 1.95 bits per heavy atom. The van der Waals surface area contributed by atoms with Gasteiger partial charge in [0.05, 0.1) is 6.10 Å². The van der Waals surface area contributed by atoms with E-state index in [1.165, 1.54) is 58.3 Å². The Morgan fingerprint density at radius 1 is 1.20 bits per heavy atom. The first-order chi connectivity index (χ1) is 9.65. The van der Waals surface area contributed by atoms with Crippen molar-refractivity contribution >= 4 is 0 Å². The lowest BCUT2D eigenvalue weighted by atomic mass is 9.95. The lowest BCUT2D eigenvalue weighted by molar-refractivity contribution is -0.0243. The molecule has 2 fully saturated rings. The van der Waals surface area contributed by atoms with Crippen molar-refractivity contribution in [2.75, 3.05) is 32.8 Å². The molecule has 0 aliphatic carbocycles. The molecule has 0 amide bonds. The molecular formula is C17H34N2O. The molecule has 0 saturated carbocycles. The van der Waals surface area contributed by atoms with Crippen molar-refractivity contribution in [1.29, 1.82) is 0 Å². The zero-order chi connectivity index (χ0) is 14.4. The summed E-state index contributed by atoms with van der Waals surface area (Å²) in [5.41, 5.74) is 0. The monoisotopic (exact) mass is 282 g/mol. The SMILES string of the molecule is CC1CCN(CCCNC2CCOC(C(C)C)C2)CC1. The summed E-state index contributed by atoms with van der Waals surface area (Å²) in [4.78, 5) is 2.64. The van der Waals surface area contributed by atoms with Crippen LogP contribution in [0.1, 0.15) is 52.9 Å². The smallest absolute Gasteiger partial charge is 0.0612 e. The summed E-state index contributed by atoms with van der Waals surface area (Å²) < 4.78 is 5.83. The van der Waals surface area contributed by atoms with Crippen molar-refractivity contribution in [2.45, 2.75) is 65.0 Å². The first-order valence-electron chi connectivity index (χ1n) is 8.72. The van der Waals surface area contributed by atoms with Crippen LogP contribution in [0.25, 0.3) is 0 Å². The fraction of sp³-hybridized carbons (Fsp3) is 1.00. The van der Waals surface area contributed by atoms with E-state index in [1.54, 1.807) is 0 Å². The summed E-state index contributed by atoms with van der Waals surface area (Å²) in [6.07, 6.45) is 6.92. The molecule has 2 aliphatic heterocycles. The summed E-state index contributed by atoms with van der Waals surface area (Å²) in [5.74, 6) is 1.59. The maximum Gasteiger partial charge on any atom is 0.0612 e. The highest BCUT2D eigenvalue weighted by atomic mass is 16.5. The Balaban J connectivity index is 1.54. The predicted octanol–water partition coefficient (Wildman–Crippen LogP) is 2.90. The van der Waals surface area contributed by atoms with Crippen LogP contribution in [-0.2, 0) is 4.74 Å². The number of ether oxygens (including phenoxy) is 1. The molecule has 3 nitrogen and oxygen atoms in total. The first-order valence-corrected chi connectivity index (χ1v) is 8.72. The van der Waals surface area contributed by atoms with Crippen molar-refractivity contribution in [3.8, 4) is 0 Å². The number of nitrogens with one attached hydrogen (secondary N) is 1. The average Bonchev–Trinajstić information content (AvgIpc) is 2.46.